The molecule has 6 nitrogen and oxygen atoms in total. The number of carbonyl (C=O) groups excluding carboxylic acids is 2. The summed E-state index contributed by atoms with van der Waals surface area (Å²) in [4.78, 5) is 25.8. The number of hydrogen-bond acceptors (Lipinski definition) is 4. The highest BCUT2D eigenvalue weighted by Crippen LogP contribution is 2.32. The Morgan fingerprint density at radius 1 is 1.11 bits per heavy atom. The topological polar surface area (TPSA) is 67.9 Å². The lowest BCUT2D eigenvalue weighted by Crippen LogP contribution is -2.32. The highest BCUT2D eigenvalue weighted by Gasteiger charge is 2.16. The third-order valence-electron chi connectivity index (χ3n) is 4.24. The van der Waals surface area contributed by atoms with Crippen LogP contribution in [0.15, 0.2) is 36.4 Å². The molecule has 1 aliphatic heterocycles. The summed E-state index contributed by atoms with van der Waals surface area (Å²) >= 11 is 6.15. The molecule has 27 heavy (non-hydrogen) atoms. The minimum atomic E-state index is -0.198. The molecule has 0 fully saturated rings. The maximum absolute atomic E-state index is 12.3. The Labute approximate surface area is 163 Å². The smallest absolute Gasteiger partial charge is 0.226 e. The van der Waals surface area contributed by atoms with E-state index in [4.69, 9.17) is 21.1 Å². The molecule has 2 aromatic carbocycles. The number of hydrogen-bond donors (Lipinski definition) is 1. The number of amides is 2. The molecule has 0 bridgehead atoms. The van der Waals surface area contributed by atoms with Gasteiger partial charge < -0.3 is 19.7 Å². The average Bonchev–Trinajstić information content (AvgIpc) is 2.64. The number of nitrogens with zero attached hydrogens (tertiary/aromatic N) is 1. The van der Waals surface area contributed by atoms with Crippen LogP contribution in [0.3, 0.4) is 0 Å². The van der Waals surface area contributed by atoms with Crippen molar-refractivity contribution in [1.29, 1.82) is 0 Å². The highest BCUT2D eigenvalue weighted by molar-refractivity contribution is 6.31. The Bertz CT molecular complexity index is 869. The molecule has 1 aliphatic rings. The molecule has 0 atom stereocenters. The van der Waals surface area contributed by atoms with Gasteiger partial charge in [-0.2, -0.15) is 0 Å². The molecule has 0 aliphatic carbocycles. The lowest BCUT2D eigenvalue weighted by Gasteiger charge is -2.22. The van der Waals surface area contributed by atoms with Crippen LogP contribution in [-0.4, -0.2) is 31.6 Å². The number of aryl methyl sites for hydroxylation is 1. The van der Waals surface area contributed by atoms with Crippen molar-refractivity contribution in [2.24, 2.45) is 0 Å². The summed E-state index contributed by atoms with van der Waals surface area (Å²) in [6.07, 6.45) is 0.152. The Morgan fingerprint density at radius 2 is 1.85 bits per heavy atom. The molecule has 1 N–H and O–H groups in total. The number of rotatable bonds is 5. The molecule has 1 heterocycles. The molecule has 2 aromatic rings. The van der Waals surface area contributed by atoms with Crippen molar-refractivity contribution in [3.05, 3.63) is 47.0 Å². The second-order valence-electron chi connectivity index (χ2n) is 6.26. The van der Waals surface area contributed by atoms with Gasteiger partial charge in [0.05, 0.1) is 0 Å². The van der Waals surface area contributed by atoms with Gasteiger partial charge in [-0.1, -0.05) is 17.7 Å². The van der Waals surface area contributed by atoms with Gasteiger partial charge in [-0.3, -0.25) is 9.59 Å². The summed E-state index contributed by atoms with van der Waals surface area (Å²) in [6.45, 7) is 4.61. The Balaban J connectivity index is 1.62. The van der Waals surface area contributed by atoms with Gasteiger partial charge in [0, 0.05) is 42.4 Å². The first-order chi connectivity index (χ1) is 12.9. The molecule has 0 spiro atoms. The van der Waals surface area contributed by atoms with Crippen molar-refractivity contribution < 1.29 is 19.1 Å². The van der Waals surface area contributed by atoms with E-state index < -0.39 is 0 Å². The zero-order valence-corrected chi connectivity index (χ0v) is 16.0. The average molecular weight is 389 g/mol. The molecule has 0 saturated carbocycles. The number of anilines is 2. The SMILES string of the molecule is CC(=O)N(CCC(=O)Nc1ccc2c(c1)OCCO2)c1ccc(C)c(Cl)c1. The number of ether oxygens (including phenoxy) is 2. The van der Waals surface area contributed by atoms with Crippen molar-refractivity contribution in [3.63, 3.8) is 0 Å². The van der Waals surface area contributed by atoms with Crippen LogP contribution < -0.4 is 19.7 Å². The summed E-state index contributed by atoms with van der Waals surface area (Å²) in [6, 6.07) is 10.7. The molecule has 0 unspecified atom stereocenters. The maximum Gasteiger partial charge on any atom is 0.226 e. The highest BCUT2D eigenvalue weighted by atomic mass is 35.5. The summed E-state index contributed by atoms with van der Waals surface area (Å²) in [5.74, 6) is 0.926. The fourth-order valence-corrected chi connectivity index (χ4v) is 2.95. The lowest BCUT2D eigenvalue weighted by atomic mass is 10.2. The van der Waals surface area contributed by atoms with Crippen LogP contribution in [0.2, 0.25) is 5.02 Å². The van der Waals surface area contributed by atoms with E-state index in [2.05, 4.69) is 5.32 Å². The first-order valence-electron chi connectivity index (χ1n) is 8.68. The molecule has 142 valence electrons. The number of halogens is 1. The van der Waals surface area contributed by atoms with Crippen molar-refractivity contribution in [3.8, 4) is 11.5 Å². The molecule has 0 radical (unpaired) electrons. The van der Waals surface area contributed by atoms with Gasteiger partial charge in [0.15, 0.2) is 11.5 Å². The minimum absolute atomic E-state index is 0.151. The van der Waals surface area contributed by atoms with Crippen LogP contribution in [0.25, 0.3) is 0 Å². The van der Waals surface area contributed by atoms with E-state index in [1.165, 1.54) is 11.8 Å². The predicted molar refractivity (Wildman–Crippen MR) is 105 cm³/mol. The van der Waals surface area contributed by atoms with Gasteiger partial charge in [-0.05, 0) is 36.8 Å². The first-order valence-corrected chi connectivity index (χ1v) is 9.05. The van der Waals surface area contributed by atoms with Gasteiger partial charge in [0.1, 0.15) is 13.2 Å². The van der Waals surface area contributed by atoms with E-state index in [9.17, 15) is 9.59 Å². The maximum atomic E-state index is 12.3. The molecule has 0 aromatic heterocycles. The van der Waals surface area contributed by atoms with Gasteiger partial charge in [-0.25, -0.2) is 0 Å². The summed E-state index contributed by atoms with van der Waals surface area (Å²) in [5, 5.41) is 3.40. The zero-order chi connectivity index (χ0) is 19.4. The van der Waals surface area contributed by atoms with E-state index >= 15 is 0 Å². The molecule has 3 rings (SSSR count). The second-order valence-corrected chi connectivity index (χ2v) is 6.67. The van der Waals surface area contributed by atoms with Crippen molar-refractivity contribution >= 4 is 34.8 Å². The third-order valence-corrected chi connectivity index (χ3v) is 4.64. The monoisotopic (exact) mass is 388 g/mol. The van der Waals surface area contributed by atoms with Gasteiger partial charge >= 0.3 is 0 Å². The van der Waals surface area contributed by atoms with Crippen LogP contribution >= 0.6 is 11.6 Å². The fraction of sp³-hybridized carbons (Fsp3) is 0.300. The number of nitrogens with one attached hydrogen (secondary N) is 1. The van der Waals surface area contributed by atoms with Crippen LogP contribution in [0.4, 0.5) is 11.4 Å². The number of benzene rings is 2. The molecule has 2 amide bonds. The molecular weight excluding hydrogens is 368 g/mol. The summed E-state index contributed by atoms with van der Waals surface area (Å²) in [7, 11) is 0. The molecule has 7 heteroatoms. The van der Waals surface area contributed by atoms with Gasteiger partial charge in [0.25, 0.3) is 0 Å². The van der Waals surface area contributed by atoms with E-state index in [0.29, 0.717) is 41.1 Å². The quantitative estimate of drug-likeness (QED) is 0.845. The lowest BCUT2D eigenvalue weighted by molar-refractivity contribution is -0.117. The molecular formula is C20H21ClN2O4. The van der Waals surface area contributed by atoms with Crippen LogP contribution in [0.1, 0.15) is 18.9 Å². The predicted octanol–water partition coefficient (Wildman–Crippen LogP) is 3.80. The summed E-state index contributed by atoms with van der Waals surface area (Å²) < 4.78 is 11.0. The van der Waals surface area contributed by atoms with Gasteiger partial charge in [0.2, 0.25) is 11.8 Å². The van der Waals surface area contributed by atoms with Crippen LogP contribution in [0.5, 0.6) is 11.5 Å². The third kappa shape index (κ3) is 4.71. The minimum Gasteiger partial charge on any atom is -0.486 e. The van der Waals surface area contributed by atoms with Gasteiger partial charge in [-0.15, -0.1) is 0 Å². The fourth-order valence-electron chi connectivity index (χ4n) is 2.78. The van der Waals surface area contributed by atoms with Crippen molar-refractivity contribution in [1.82, 2.24) is 0 Å². The van der Waals surface area contributed by atoms with Crippen molar-refractivity contribution in [2.75, 3.05) is 30.0 Å². The summed E-state index contributed by atoms with van der Waals surface area (Å²) in [5.41, 5.74) is 2.22. The Morgan fingerprint density at radius 3 is 2.56 bits per heavy atom. The number of fused-ring (bicyclic) bond motifs is 1. The Hall–Kier alpha value is -2.73. The first kappa shape index (κ1) is 19.0. The molecule has 0 saturated heterocycles. The Kier molecular flexibility index (Phi) is 5.86. The second kappa shape index (κ2) is 8.31. The van der Waals surface area contributed by atoms with Crippen LogP contribution in [-0.2, 0) is 9.59 Å². The zero-order valence-electron chi connectivity index (χ0n) is 15.3. The largest absolute Gasteiger partial charge is 0.486 e. The van der Waals surface area contributed by atoms with E-state index in [1.54, 1.807) is 24.3 Å². The van der Waals surface area contributed by atoms with Crippen molar-refractivity contribution in [2.45, 2.75) is 20.3 Å². The number of carbonyl (C=O) groups is 2. The van der Waals surface area contributed by atoms with E-state index in [1.807, 2.05) is 19.1 Å². The van der Waals surface area contributed by atoms with E-state index in [0.717, 1.165) is 5.56 Å². The normalized spacial score (nSPS) is 12.4. The van der Waals surface area contributed by atoms with Crippen LogP contribution in [0, 0.1) is 6.92 Å². The standard InChI is InChI=1S/C20H21ClN2O4/c1-13-3-5-16(12-17(13)21)23(14(2)24)8-7-20(25)22-15-4-6-18-19(11-15)27-10-9-26-18/h3-6,11-12H,7-10H2,1-2H3,(H,22,25). The van der Waals surface area contributed by atoms with E-state index in [-0.39, 0.29) is 24.8 Å².